The SMILES string of the molecule is C[C@@H]1NC(=O)N[C@@H]1CNNC(=O)OC(C)(C)C. The van der Waals surface area contributed by atoms with Gasteiger partial charge in [-0.15, -0.1) is 0 Å². The zero-order chi connectivity index (χ0) is 13.1. The number of hydrogen-bond acceptors (Lipinski definition) is 4. The van der Waals surface area contributed by atoms with Crippen molar-refractivity contribution in [2.45, 2.75) is 45.4 Å². The molecule has 0 aromatic heterocycles. The predicted octanol–water partition coefficient (Wildman–Crippen LogP) is 0.0856. The van der Waals surface area contributed by atoms with Crippen LogP contribution in [0.1, 0.15) is 27.7 Å². The summed E-state index contributed by atoms with van der Waals surface area (Å²) in [5.41, 5.74) is 4.61. The third-order valence-corrected chi connectivity index (χ3v) is 2.19. The quantitative estimate of drug-likeness (QED) is 0.529. The number of urea groups is 1. The lowest BCUT2D eigenvalue weighted by molar-refractivity contribution is 0.0496. The molecule has 0 unspecified atom stereocenters. The van der Waals surface area contributed by atoms with Gasteiger partial charge in [-0.3, -0.25) is 5.43 Å². The molecule has 0 bridgehead atoms. The number of amides is 3. The van der Waals surface area contributed by atoms with Crippen LogP contribution in [0.3, 0.4) is 0 Å². The number of rotatable bonds is 3. The normalized spacial score (nSPS) is 23.9. The number of carbonyl (C=O) groups excluding carboxylic acids is 2. The molecular formula is C10H20N4O3. The number of carbonyl (C=O) groups is 2. The van der Waals surface area contributed by atoms with Crippen LogP contribution in [0.5, 0.6) is 0 Å². The summed E-state index contributed by atoms with van der Waals surface area (Å²) in [6.45, 7) is 7.68. The van der Waals surface area contributed by atoms with Crippen LogP contribution in [0.15, 0.2) is 0 Å². The van der Waals surface area contributed by atoms with E-state index in [4.69, 9.17) is 4.74 Å². The van der Waals surface area contributed by atoms with Gasteiger partial charge in [0.2, 0.25) is 0 Å². The molecule has 1 fully saturated rings. The third-order valence-electron chi connectivity index (χ3n) is 2.19. The van der Waals surface area contributed by atoms with Crippen LogP contribution in [-0.2, 0) is 4.74 Å². The first-order valence-corrected chi connectivity index (χ1v) is 5.57. The van der Waals surface area contributed by atoms with Crippen LogP contribution in [-0.4, -0.2) is 36.4 Å². The van der Waals surface area contributed by atoms with Crippen molar-refractivity contribution in [2.75, 3.05) is 6.54 Å². The monoisotopic (exact) mass is 244 g/mol. The van der Waals surface area contributed by atoms with Crippen LogP contribution in [0.25, 0.3) is 0 Å². The molecule has 1 aliphatic heterocycles. The molecule has 7 nitrogen and oxygen atoms in total. The summed E-state index contributed by atoms with van der Waals surface area (Å²) in [4.78, 5) is 22.3. The van der Waals surface area contributed by atoms with E-state index in [1.165, 1.54) is 0 Å². The van der Waals surface area contributed by atoms with Gasteiger partial charge in [-0.1, -0.05) is 0 Å². The van der Waals surface area contributed by atoms with E-state index in [2.05, 4.69) is 21.5 Å². The van der Waals surface area contributed by atoms with Crippen molar-refractivity contribution in [1.29, 1.82) is 0 Å². The molecule has 0 radical (unpaired) electrons. The standard InChI is InChI=1S/C10H20N4O3/c1-6-7(13-8(15)12-6)5-11-14-9(16)17-10(2,3)4/h6-7,11H,5H2,1-4H3,(H,14,16)(H2,12,13,15)/t6-,7+/m0/s1. The first-order chi connectivity index (χ1) is 7.78. The molecule has 0 aromatic rings. The van der Waals surface area contributed by atoms with Crippen LogP contribution >= 0.6 is 0 Å². The van der Waals surface area contributed by atoms with E-state index < -0.39 is 11.7 Å². The van der Waals surface area contributed by atoms with Crippen molar-refractivity contribution < 1.29 is 14.3 Å². The highest BCUT2D eigenvalue weighted by Crippen LogP contribution is 2.06. The van der Waals surface area contributed by atoms with E-state index in [9.17, 15) is 9.59 Å². The predicted molar refractivity (Wildman–Crippen MR) is 62.3 cm³/mol. The fraction of sp³-hybridized carbons (Fsp3) is 0.800. The molecule has 3 amide bonds. The average molecular weight is 244 g/mol. The molecule has 1 rings (SSSR count). The molecule has 1 aliphatic rings. The van der Waals surface area contributed by atoms with Crippen molar-refractivity contribution >= 4 is 12.1 Å². The van der Waals surface area contributed by atoms with Crippen LogP contribution in [0, 0.1) is 0 Å². The van der Waals surface area contributed by atoms with E-state index in [1.54, 1.807) is 20.8 Å². The van der Waals surface area contributed by atoms with Gasteiger partial charge in [-0.25, -0.2) is 15.0 Å². The fourth-order valence-electron chi connectivity index (χ4n) is 1.41. The van der Waals surface area contributed by atoms with Gasteiger partial charge in [0.05, 0.1) is 6.04 Å². The summed E-state index contributed by atoms with van der Waals surface area (Å²) in [5.74, 6) is 0. The Kier molecular flexibility index (Phi) is 4.17. The average Bonchev–Trinajstić information content (AvgIpc) is 2.42. The van der Waals surface area contributed by atoms with Crippen molar-refractivity contribution in [1.82, 2.24) is 21.5 Å². The van der Waals surface area contributed by atoms with Gasteiger partial charge in [-0.05, 0) is 27.7 Å². The Hall–Kier alpha value is -1.50. The number of nitrogens with one attached hydrogen (secondary N) is 4. The minimum Gasteiger partial charge on any atom is -0.443 e. The molecule has 0 spiro atoms. The Bertz CT molecular complexity index is 300. The molecule has 4 N–H and O–H groups in total. The third kappa shape index (κ3) is 4.90. The van der Waals surface area contributed by atoms with Crippen molar-refractivity contribution in [2.24, 2.45) is 0 Å². The van der Waals surface area contributed by atoms with Crippen LogP contribution in [0.4, 0.5) is 9.59 Å². The highest BCUT2D eigenvalue weighted by atomic mass is 16.6. The van der Waals surface area contributed by atoms with E-state index >= 15 is 0 Å². The van der Waals surface area contributed by atoms with Crippen molar-refractivity contribution in [3.8, 4) is 0 Å². The second kappa shape index (κ2) is 5.22. The summed E-state index contributed by atoms with van der Waals surface area (Å²) in [6.07, 6.45) is -0.539. The van der Waals surface area contributed by atoms with E-state index in [-0.39, 0.29) is 18.1 Å². The van der Waals surface area contributed by atoms with E-state index in [0.29, 0.717) is 6.54 Å². The Labute approximate surface area is 101 Å². The lowest BCUT2D eigenvalue weighted by atomic mass is 10.2. The Morgan fingerprint density at radius 3 is 2.53 bits per heavy atom. The maximum Gasteiger partial charge on any atom is 0.422 e. The smallest absolute Gasteiger partial charge is 0.422 e. The fourth-order valence-corrected chi connectivity index (χ4v) is 1.41. The highest BCUT2D eigenvalue weighted by molar-refractivity contribution is 5.77. The summed E-state index contributed by atoms with van der Waals surface area (Å²) >= 11 is 0. The maximum absolute atomic E-state index is 11.3. The number of ether oxygens (including phenoxy) is 1. The van der Waals surface area contributed by atoms with Crippen LogP contribution in [0.2, 0.25) is 0 Å². The summed E-state index contributed by atoms with van der Waals surface area (Å²) in [6, 6.07) is -0.227. The molecule has 0 aliphatic carbocycles. The second-order valence-corrected chi connectivity index (χ2v) is 5.02. The molecule has 7 heteroatoms. The summed E-state index contributed by atoms with van der Waals surface area (Å²) in [5, 5.41) is 5.43. The van der Waals surface area contributed by atoms with Gasteiger partial charge in [0.15, 0.2) is 0 Å². The molecule has 1 saturated heterocycles. The Balaban J connectivity index is 2.20. The summed E-state index contributed by atoms with van der Waals surface area (Å²) in [7, 11) is 0. The first kappa shape index (κ1) is 13.6. The Morgan fingerprint density at radius 2 is 2.06 bits per heavy atom. The van der Waals surface area contributed by atoms with Gasteiger partial charge in [0, 0.05) is 12.6 Å². The minimum absolute atomic E-state index is 0.0236. The topological polar surface area (TPSA) is 91.5 Å². The molecule has 0 aromatic carbocycles. The van der Waals surface area contributed by atoms with E-state index in [0.717, 1.165) is 0 Å². The highest BCUT2D eigenvalue weighted by Gasteiger charge is 2.27. The number of hydrogen-bond donors (Lipinski definition) is 4. The number of hydrazine groups is 1. The second-order valence-electron chi connectivity index (χ2n) is 5.02. The zero-order valence-corrected chi connectivity index (χ0v) is 10.6. The van der Waals surface area contributed by atoms with Gasteiger partial charge < -0.3 is 15.4 Å². The molecule has 1 heterocycles. The van der Waals surface area contributed by atoms with Crippen molar-refractivity contribution in [3.05, 3.63) is 0 Å². The molecular weight excluding hydrogens is 224 g/mol. The van der Waals surface area contributed by atoms with Gasteiger partial charge in [0.1, 0.15) is 5.60 Å². The van der Waals surface area contributed by atoms with Gasteiger partial charge >= 0.3 is 12.1 Å². The maximum atomic E-state index is 11.3. The summed E-state index contributed by atoms with van der Waals surface area (Å²) < 4.78 is 5.03. The molecule has 2 atom stereocenters. The van der Waals surface area contributed by atoms with Gasteiger partial charge in [-0.2, -0.15) is 0 Å². The lowest BCUT2D eigenvalue weighted by Crippen LogP contribution is -2.48. The molecule has 17 heavy (non-hydrogen) atoms. The molecule has 0 saturated carbocycles. The zero-order valence-electron chi connectivity index (χ0n) is 10.6. The largest absolute Gasteiger partial charge is 0.443 e. The van der Waals surface area contributed by atoms with E-state index in [1.807, 2.05) is 6.92 Å². The minimum atomic E-state index is -0.539. The Morgan fingerprint density at radius 1 is 1.41 bits per heavy atom. The lowest BCUT2D eigenvalue weighted by Gasteiger charge is -2.21. The molecule has 98 valence electrons. The van der Waals surface area contributed by atoms with Gasteiger partial charge in [0.25, 0.3) is 0 Å². The van der Waals surface area contributed by atoms with Crippen molar-refractivity contribution in [3.63, 3.8) is 0 Å². The van der Waals surface area contributed by atoms with Crippen LogP contribution < -0.4 is 21.5 Å². The first-order valence-electron chi connectivity index (χ1n) is 5.57.